The molecule has 0 aromatic heterocycles. The predicted octanol–water partition coefficient (Wildman–Crippen LogP) is 4.60. The van der Waals surface area contributed by atoms with E-state index < -0.39 is 29.7 Å². The predicted molar refractivity (Wildman–Crippen MR) is 118 cm³/mol. The molecule has 0 saturated carbocycles. The van der Waals surface area contributed by atoms with Crippen molar-refractivity contribution in [1.82, 2.24) is 4.90 Å². The Kier molecular flexibility index (Phi) is 5.89. The number of rotatable bonds is 6. The summed E-state index contributed by atoms with van der Waals surface area (Å²) >= 11 is 0. The van der Waals surface area contributed by atoms with Crippen LogP contribution in [0.3, 0.4) is 0 Å². The Morgan fingerprint density at radius 1 is 1.13 bits per heavy atom. The van der Waals surface area contributed by atoms with Gasteiger partial charge in [-0.15, -0.1) is 0 Å². The lowest BCUT2D eigenvalue weighted by atomic mass is 9.91. The zero-order valence-electron chi connectivity index (χ0n) is 17.7. The van der Waals surface area contributed by atoms with Crippen molar-refractivity contribution in [1.29, 1.82) is 0 Å². The largest absolute Gasteiger partial charge is 0.441 e. The van der Waals surface area contributed by atoms with E-state index in [0.717, 1.165) is 16.8 Å². The normalized spacial score (nSPS) is 22.3. The number of hydrogen-bond donors (Lipinski definition) is 0. The van der Waals surface area contributed by atoms with Crippen LogP contribution in [0.1, 0.15) is 37.8 Å². The summed E-state index contributed by atoms with van der Waals surface area (Å²) in [7, 11) is 0. The standard InChI is InChI=1S/C25H26N2O4/c1-25(2)22(16-19-12-7-4-8-13-19)27(24(29)30-25)23(28)21-17-20(26-31-21)15-9-14-18-10-5-3-6-11-18/h3-14,21-22H,15-17H2,1-2H3/t21-,22-/m0/s1. The molecule has 2 aromatic rings. The van der Waals surface area contributed by atoms with Crippen molar-refractivity contribution in [3.8, 4) is 0 Å². The fourth-order valence-corrected chi connectivity index (χ4v) is 3.93. The van der Waals surface area contributed by atoms with Gasteiger partial charge in [0, 0.05) is 12.8 Å². The lowest BCUT2D eigenvalue weighted by Gasteiger charge is -2.28. The Morgan fingerprint density at radius 2 is 1.81 bits per heavy atom. The highest BCUT2D eigenvalue weighted by Crippen LogP contribution is 2.33. The number of cyclic esters (lactones) is 1. The first-order valence-corrected chi connectivity index (χ1v) is 10.5. The van der Waals surface area contributed by atoms with Crippen LogP contribution >= 0.6 is 0 Å². The first kappa shape index (κ1) is 20.8. The summed E-state index contributed by atoms with van der Waals surface area (Å²) in [6.07, 6.45) is 4.04. The summed E-state index contributed by atoms with van der Waals surface area (Å²) < 4.78 is 5.53. The topological polar surface area (TPSA) is 68.2 Å². The second kappa shape index (κ2) is 8.76. The maximum atomic E-state index is 13.2. The van der Waals surface area contributed by atoms with Crippen LogP contribution in [0.2, 0.25) is 0 Å². The number of hydrogen-bond acceptors (Lipinski definition) is 5. The number of imide groups is 1. The van der Waals surface area contributed by atoms with Crippen molar-refractivity contribution in [2.45, 2.75) is 50.9 Å². The number of allylic oxidation sites excluding steroid dienone is 1. The van der Waals surface area contributed by atoms with E-state index in [1.54, 1.807) is 0 Å². The molecule has 4 rings (SSSR count). The summed E-state index contributed by atoms with van der Waals surface area (Å²) in [5, 5.41) is 4.08. The highest BCUT2D eigenvalue weighted by atomic mass is 16.6. The van der Waals surface area contributed by atoms with Crippen molar-refractivity contribution in [3.05, 3.63) is 77.9 Å². The number of carbonyl (C=O) groups excluding carboxylic acids is 2. The minimum Gasteiger partial charge on any atom is -0.441 e. The fourth-order valence-electron chi connectivity index (χ4n) is 3.93. The van der Waals surface area contributed by atoms with Crippen LogP contribution in [0.4, 0.5) is 4.79 Å². The molecule has 2 aromatic carbocycles. The van der Waals surface area contributed by atoms with Gasteiger partial charge < -0.3 is 9.57 Å². The summed E-state index contributed by atoms with van der Waals surface area (Å²) in [5.41, 5.74) is 2.12. The van der Waals surface area contributed by atoms with Crippen molar-refractivity contribution in [2.75, 3.05) is 0 Å². The molecule has 0 unspecified atom stereocenters. The van der Waals surface area contributed by atoms with E-state index in [2.05, 4.69) is 5.16 Å². The molecule has 160 valence electrons. The Hall–Kier alpha value is -3.41. The van der Waals surface area contributed by atoms with Crippen LogP contribution in [0.25, 0.3) is 6.08 Å². The molecule has 0 aliphatic carbocycles. The lowest BCUT2D eigenvalue weighted by molar-refractivity contribution is -0.140. The molecule has 6 heteroatoms. The molecule has 6 nitrogen and oxygen atoms in total. The quantitative estimate of drug-likeness (QED) is 0.687. The molecule has 0 bridgehead atoms. The summed E-state index contributed by atoms with van der Waals surface area (Å²) in [6, 6.07) is 19.3. The number of benzene rings is 2. The Bertz CT molecular complexity index is 999. The van der Waals surface area contributed by atoms with Crippen LogP contribution in [-0.4, -0.2) is 40.4 Å². The Labute approximate surface area is 182 Å². The molecule has 31 heavy (non-hydrogen) atoms. The van der Waals surface area contributed by atoms with Gasteiger partial charge in [0.25, 0.3) is 5.91 Å². The van der Waals surface area contributed by atoms with Gasteiger partial charge in [0.05, 0.1) is 11.8 Å². The number of amides is 2. The van der Waals surface area contributed by atoms with E-state index >= 15 is 0 Å². The molecule has 0 N–H and O–H groups in total. The third-order valence-electron chi connectivity index (χ3n) is 5.64. The molecule has 0 spiro atoms. The van der Waals surface area contributed by atoms with Gasteiger partial charge in [-0.2, -0.15) is 0 Å². The Morgan fingerprint density at radius 3 is 2.52 bits per heavy atom. The zero-order chi connectivity index (χ0) is 21.8. The zero-order valence-corrected chi connectivity index (χ0v) is 17.7. The molecular weight excluding hydrogens is 392 g/mol. The summed E-state index contributed by atoms with van der Waals surface area (Å²) in [5.74, 6) is -0.401. The maximum Gasteiger partial charge on any atom is 0.417 e. The molecule has 2 aliphatic rings. The highest BCUT2D eigenvalue weighted by molar-refractivity contribution is 6.00. The first-order chi connectivity index (χ1) is 14.9. The second-order valence-corrected chi connectivity index (χ2v) is 8.36. The van der Waals surface area contributed by atoms with Crippen molar-refractivity contribution in [2.24, 2.45) is 5.16 Å². The Balaban J connectivity index is 1.41. The monoisotopic (exact) mass is 418 g/mol. The second-order valence-electron chi connectivity index (χ2n) is 8.36. The van der Waals surface area contributed by atoms with E-state index in [-0.39, 0.29) is 0 Å². The van der Waals surface area contributed by atoms with E-state index in [4.69, 9.17) is 9.57 Å². The molecular formula is C25H26N2O4. The molecule has 2 amide bonds. The average molecular weight is 418 g/mol. The van der Waals surface area contributed by atoms with Gasteiger partial charge in [-0.3, -0.25) is 4.79 Å². The van der Waals surface area contributed by atoms with Gasteiger partial charge in [-0.25, -0.2) is 9.69 Å². The molecule has 0 radical (unpaired) electrons. The number of nitrogens with zero attached hydrogens (tertiary/aromatic N) is 2. The maximum absolute atomic E-state index is 13.2. The molecule has 1 saturated heterocycles. The number of carbonyl (C=O) groups is 2. The van der Waals surface area contributed by atoms with Crippen LogP contribution in [-0.2, 0) is 20.8 Å². The molecule has 1 fully saturated rings. The van der Waals surface area contributed by atoms with Crippen molar-refractivity contribution >= 4 is 23.8 Å². The minimum atomic E-state index is -0.806. The third kappa shape index (κ3) is 4.68. The summed E-state index contributed by atoms with van der Waals surface area (Å²) in [4.78, 5) is 32.4. The highest BCUT2D eigenvalue weighted by Gasteiger charge is 2.52. The third-order valence-corrected chi connectivity index (χ3v) is 5.64. The van der Waals surface area contributed by atoms with Gasteiger partial charge in [-0.1, -0.05) is 78.0 Å². The molecule has 2 aliphatic heterocycles. The number of ether oxygens (including phenoxy) is 1. The first-order valence-electron chi connectivity index (χ1n) is 10.5. The van der Waals surface area contributed by atoms with Gasteiger partial charge in [0.2, 0.25) is 6.10 Å². The van der Waals surface area contributed by atoms with E-state index in [0.29, 0.717) is 19.3 Å². The SMILES string of the molecule is CC1(C)OC(=O)N(C(=O)[C@@H]2CC(CC=Cc3ccccc3)=NO2)[C@H]1Cc1ccccc1. The molecule has 2 atom stereocenters. The van der Waals surface area contributed by atoms with Gasteiger partial charge in [0.1, 0.15) is 5.60 Å². The smallest absolute Gasteiger partial charge is 0.417 e. The van der Waals surface area contributed by atoms with Gasteiger partial charge in [0.15, 0.2) is 0 Å². The fraction of sp³-hybridized carbons (Fsp3) is 0.320. The van der Waals surface area contributed by atoms with Gasteiger partial charge >= 0.3 is 6.09 Å². The van der Waals surface area contributed by atoms with Crippen molar-refractivity contribution < 1.29 is 19.2 Å². The lowest BCUT2D eigenvalue weighted by Crippen LogP contribution is -2.49. The van der Waals surface area contributed by atoms with Crippen molar-refractivity contribution in [3.63, 3.8) is 0 Å². The molecule has 2 heterocycles. The minimum absolute atomic E-state index is 0.361. The van der Waals surface area contributed by atoms with Crippen LogP contribution in [0.5, 0.6) is 0 Å². The van der Waals surface area contributed by atoms with Crippen LogP contribution < -0.4 is 0 Å². The van der Waals surface area contributed by atoms with Crippen LogP contribution in [0, 0.1) is 0 Å². The van der Waals surface area contributed by atoms with E-state index in [1.807, 2.05) is 86.7 Å². The van der Waals surface area contributed by atoms with E-state index in [1.165, 1.54) is 4.90 Å². The average Bonchev–Trinajstić information content (AvgIpc) is 3.31. The van der Waals surface area contributed by atoms with Gasteiger partial charge in [-0.05, 0) is 31.4 Å². The number of oxime groups is 1. The summed E-state index contributed by atoms with van der Waals surface area (Å²) in [6.45, 7) is 3.66. The van der Waals surface area contributed by atoms with Crippen LogP contribution in [0.15, 0.2) is 71.9 Å². The van der Waals surface area contributed by atoms with E-state index in [9.17, 15) is 9.59 Å².